The Kier molecular flexibility index (Phi) is 4.51. The summed E-state index contributed by atoms with van der Waals surface area (Å²) >= 11 is 0. The lowest BCUT2D eigenvalue weighted by Crippen LogP contribution is -2.67. The van der Waals surface area contributed by atoms with Gasteiger partial charge in [0.2, 0.25) is 0 Å². The van der Waals surface area contributed by atoms with Crippen molar-refractivity contribution < 1.29 is 4.70 Å². The van der Waals surface area contributed by atoms with Gasteiger partial charge in [0.1, 0.15) is 12.2 Å². The first-order valence-corrected chi connectivity index (χ1v) is 5.94. The van der Waals surface area contributed by atoms with Crippen LogP contribution in [-0.4, -0.2) is 23.8 Å². The van der Waals surface area contributed by atoms with E-state index in [1.54, 1.807) is 0 Å². The second-order valence-corrected chi connectivity index (χ2v) is 4.00. The number of allylic oxidation sites excluding steroid dienone is 2. The normalized spacial score (nSPS) is 24.0. The van der Waals surface area contributed by atoms with Gasteiger partial charge in [-0.2, -0.15) is 0 Å². The van der Waals surface area contributed by atoms with Crippen molar-refractivity contribution in [2.75, 3.05) is 13.1 Å². The lowest BCUT2D eigenvalue weighted by Gasteiger charge is -2.40. The zero-order chi connectivity index (χ0) is 11.3. The van der Waals surface area contributed by atoms with Gasteiger partial charge in [0, 0.05) is 19.5 Å². The minimum absolute atomic E-state index is 0.481. The highest BCUT2D eigenvalue weighted by Crippen LogP contribution is 2.20. The van der Waals surface area contributed by atoms with Crippen LogP contribution in [0, 0.1) is 0 Å². The number of hydrogen-bond acceptors (Lipinski definition) is 2. The third-order valence-electron chi connectivity index (χ3n) is 2.81. The number of hydrogen-bond donors (Lipinski definition) is 2. The highest BCUT2D eigenvalue weighted by Gasteiger charge is 2.34. The zero-order valence-corrected chi connectivity index (χ0v) is 10.4. The molecule has 0 spiro atoms. The molecule has 0 fully saturated rings. The van der Waals surface area contributed by atoms with Crippen LogP contribution in [0.4, 0.5) is 0 Å². The van der Waals surface area contributed by atoms with Crippen molar-refractivity contribution in [2.24, 2.45) is 0 Å². The van der Waals surface area contributed by atoms with Gasteiger partial charge in [-0.25, -0.2) is 0 Å². The molecule has 0 saturated heterocycles. The molecule has 1 atom stereocenters. The molecule has 1 rings (SSSR count). The third-order valence-corrected chi connectivity index (χ3v) is 2.81. The molecule has 3 heteroatoms. The Morgan fingerprint density at radius 3 is 2.27 bits per heavy atom. The van der Waals surface area contributed by atoms with E-state index in [1.165, 1.54) is 5.57 Å². The predicted molar refractivity (Wildman–Crippen MR) is 64.6 cm³/mol. The van der Waals surface area contributed by atoms with E-state index in [1.807, 2.05) is 0 Å². The van der Waals surface area contributed by atoms with Crippen molar-refractivity contribution >= 4 is 0 Å². The minimum Gasteiger partial charge on any atom is -0.143 e. The molecule has 0 amide bonds. The van der Waals surface area contributed by atoms with Crippen molar-refractivity contribution in [1.29, 1.82) is 0 Å². The Balaban J connectivity index is 2.90. The number of nitrogens with one attached hydrogen (secondary N) is 2. The van der Waals surface area contributed by atoms with Crippen molar-refractivity contribution in [2.45, 2.75) is 40.2 Å². The van der Waals surface area contributed by atoms with Gasteiger partial charge in [-0.1, -0.05) is 6.92 Å². The maximum Gasteiger partial charge on any atom is 0.148 e. The summed E-state index contributed by atoms with van der Waals surface area (Å²) in [4.78, 5) is 0. The van der Waals surface area contributed by atoms with Crippen LogP contribution in [0.5, 0.6) is 0 Å². The van der Waals surface area contributed by atoms with Crippen LogP contribution < -0.4 is 10.9 Å². The second-order valence-electron chi connectivity index (χ2n) is 4.00. The van der Waals surface area contributed by atoms with E-state index in [-0.39, 0.29) is 0 Å². The smallest absolute Gasteiger partial charge is 0.143 e. The number of nitrogens with zero attached hydrogens (tertiary/aromatic N) is 1. The van der Waals surface area contributed by atoms with Crippen molar-refractivity contribution in [3.63, 3.8) is 0 Å². The van der Waals surface area contributed by atoms with Gasteiger partial charge >= 0.3 is 0 Å². The Hall–Kier alpha value is -0.640. The number of quaternary nitrogens is 1. The van der Waals surface area contributed by atoms with Crippen LogP contribution >= 0.6 is 0 Å². The molecule has 1 unspecified atom stereocenters. The Morgan fingerprint density at radius 1 is 1.20 bits per heavy atom. The van der Waals surface area contributed by atoms with Crippen molar-refractivity contribution in [3.8, 4) is 0 Å². The van der Waals surface area contributed by atoms with Crippen molar-refractivity contribution in [3.05, 3.63) is 23.9 Å². The Labute approximate surface area is 93.4 Å². The van der Waals surface area contributed by atoms with Gasteiger partial charge in [0.25, 0.3) is 0 Å². The Bertz CT molecular complexity index is 250. The fourth-order valence-electron chi connectivity index (χ4n) is 2.15. The average molecular weight is 210 g/mol. The molecule has 0 aliphatic carbocycles. The molecule has 0 aromatic carbocycles. The largest absolute Gasteiger partial charge is 0.148 e. The van der Waals surface area contributed by atoms with Crippen LogP contribution in [0.3, 0.4) is 0 Å². The van der Waals surface area contributed by atoms with Crippen LogP contribution in [0.25, 0.3) is 0 Å². The summed E-state index contributed by atoms with van der Waals surface area (Å²) < 4.78 is 0.681. The summed E-state index contributed by atoms with van der Waals surface area (Å²) in [6.45, 7) is 10.6. The molecular weight excluding hydrogens is 186 g/mol. The number of rotatable bonds is 5. The van der Waals surface area contributed by atoms with E-state index >= 15 is 0 Å². The summed E-state index contributed by atoms with van der Waals surface area (Å²) in [7, 11) is 0. The molecule has 3 nitrogen and oxygen atoms in total. The standard InChI is InChI=1S/C12H24N3/c1-5-12-10-11(4)8-9-15(12,13-6-2)14-7-3/h8-10,12-14H,5-7H2,1-4H3/q+1. The average Bonchev–Trinajstić information content (AvgIpc) is 2.22. The molecule has 1 aliphatic rings. The van der Waals surface area contributed by atoms with E-state index in [9.17, 15) is 0 Å². The van der Waals surface area contributed by atoms with Crippen LogP contribution in [-0.2, 0) is 0 Å². The van der Waals surface area contributed by atoms with Crippen LogP contribution in [0.2, 0.25) is 0 Å². The van der Waals surface area contributed by atoms with E-state index in [0.29, 0.717) is 10.7 Å². The van der Waals surface area contributed by atoms with Gasteiger partial charge in [-0.05, 0) is 38.5 Å². The first-order valence-electron chi connectivity index (χ1n) is 5.94. The SMILES string of the molecule is CCN[N+]1(NCC)C=CC(C)=CC1CC. The zero-order valence-electron chi connectivity index (χ0n) is 10.4. The first kappa shape index (κ1) is 12.4. The monoisotopic (exact) mass is 210 g/mol. The van der Waals surface area contributed by atoms with E-state index in [0.717, 1.165) is 19.5 Å². The summed E-state index contributed by atoms with van der Waals surface area (Å²) in [5, 5.41) is 0. The van der Waals surface area contributed by atoms with Crippen molar-refractivity contribution in [1.82, 2.24) is 10.9 Å². The van der Waals surface area contributed by atoms with Gasteiger partial charge in [-0.15, -0.1) is 15.6 Å². The summed E-state index contributed by atoms with van der Waals surface area (Å²) in [6, 6.07) is 0.481. The van der Waals surface area contributed by atoms with E-state index in [2.05, 4.69) is 56.9 Å². The molecule has 86 valence electrons. The molecule has 2 N–H and O–H groups in total. The first-order chi connectivity index (χ1) is 7.18. The lowest BCUT2D eigenvalue weighted by atomic mass is 10.1. The molecular formula is C12H24N3+. The predicted octanol–water partition coefficient (Wildman–Crippen LogP) is 2.10. The fourth-order valence-corrected chi connectivity index (χ4v) is 2.15. The maximum absolute atomic E-state index is 3.52. The molecule has 0 radical (unpaired) electrons. The van der Waals surface area contributed by atoms with Gasteiger partial charge < -0.3 is 0 Å². The second kappa shape index (κ2) is 5.45. The molecule has 0 saturated carbocycles. The highest BCUT2D eigenvalue weighted by molar-refractivity contribution is 5.19. The molecule has 0 aromatic rings. The maximum atomic E-state index is 3.52. The molecule has 15 heavy (non-hydrogen) atoms. The highest BCUT2D eigenvalue weighted by atomic mass is 15.9. The van der Waals surface area contributed by atoms with E-state index in [4.69, 9.17) is 0 Å². The van der Waals surface area contributed by atoms with Gasteiger partial charge in [-0.3, -0.25) is 0 Å². The Morgan fingerprint density at radius 2 is 1.80 bits per heavy atom. The molecule has 1 aliphatic heterocycles. The topological polar surface area (TPSA) is 24.1 Å². The van der Waals surface area contributed by atoms with E-state index < -0.39 is 0 Å². The summed E-state index contributed by atoms with van der Waals surface area (Å²) in [6.07, 6.45) is 7.86. The molecule has 0 bridgehead atoms. The van der Waals surface area contributed by atoms with Gasteiger partial charge in [0.05, 0.1) is 0 Å². The molecule has 0 aromatic heterocycles. The summed E-state index contributed by atoms with van der Waals surface area (Å²) in [5.41, 5.74) is 8.38. The fraction of sp³-hybridized carbons (Fsp3) is 0.667. The molecule has 1 heterocycles. The van der Waals surface area contributed by atoms with Gasteiger partial charge in [0.15, 0.2) is 0 Å². The summed E-state index contributed by atoms with van der Waals surface area (Å²) in [5.74, 6) is 0. The quantitative estimate of drug-likeness (QED) is 0.679. The third kappa shape index (κ3) is 2.68. The van der Waals surface area contributed by atoms with Crippen LogP contribution in [0.15, 0.2) is 23.9 Å². The minimum atomic E-state index is 0.481. The lowest BCUT2D eigenvalue weighted by molar-refractivity contribution is -0.981. The van der Waals surface area contributed by atoms with Crippen LogP contribution in [0.1, 0.15) is 34.1 Å².